The highest BCUT2D eigenvalue weighted by Gasteiger charge is 2.32. The van der Waals surface area contributed by atoms with Crippen LogP contribution in [0.1, 0.15) is 41.9 Å². The highest BCUT2D eigenvalue weighted by molar-refractivity contribution is 6.31. The molecule has 0 radical (unpaired) electrons. The molecule has 8 rings (SSSR count). The van der Waals surface area contributed by atoms with Crippen molar-refractivity contribution in [2.24, 2.45) is 0 Å². The average Bonchev–Trinajstić information content (AvgIpc) is 3.77. The lowest BCUT2D eigenvalue weighted by molar-refractivity contribution is -0.146. The number of nitrogens with one attached hydrogen (secondary N) is 2. The number of rotatable bonds is 8. The highest BCUT2D eigenvalue weighted by atomic mass is 35.5. The molecule has 2 N–H and O–H groups in total. The molecular formula is C40H37Cl2N7O3. The monoisotopic (exact) mass is 733 g/mol. The number of ether oxygens (including phenoxy) is 1. The van der Waals surface area contributed by atoms with Crippen LogP contribution in [-0.4, -0.2) is 75.1 Å². The zero-order valence-corrected chi connectivity index (χ0v) is 30.1. The van der Waals surface area contributed by atoms with E-state index >= 15 is 0 Å². The van der Waals surface area contributed by atoms with Crippen LogP contribution in [0, 0.1) is 0 Å². The molecule has 3 aromatic carbocycles. The molecule has 6 aromatic rings. The van der Waals surface area contributed by atoms with Crippen LogP contribution in [-0.2, 0) is 9.53 Å². The highest BCUT2D eigenvalue weighted by Crippen LogP contribution is 2.42. The molecule has 2 fully saturated rings. The van der Waals surface area contributed by atoms with Crippen molar-refractivity contribution in [1.82, 2.24) is 24.4 Å². The van der Waals surface area contributed by atoms with Gasteiger partial charge in [0.1, 0.15) is 12.3 Å². The van der Waals surface area contributed by atoms with E-state index in [2.05, 4.69) is 26.7 Å². The summed E-state index contributed by atoms with van der Waals surface area (Å²) < 4.78 is 7.45. The van der Waals surface area contributed by atoms with Crippen LogP contribution >= 0.6 is 23.2 Å². The van der Waals surface area contributed by atoms with Gasteiger partial charge in [-0.2, -0.15) is 0 Å². The van der Waals surface area contributed by atoms with Crippen LogP contribution in [0.3, 0.4) is 0 Å². The number of piperidine rings is 1. The number of amides is 2. The van der Waals surface area contributed by atoms with Gasteiger partial charge >= 0.3 is 0 Å². The molecule has 52 heavy (non-hydrogen) atoms. The Bertz CT molecular complexity index is 2250. The summed E-state index contributed by atoms with van der Waals surface area (Å²) in [5.41, 5.74) is 5.91. The summed E-state index contributed by atoms with van der Waals surface area (Å²) >= 11 is 12.8. The number of hydrogen-bond acceptors (Lipinski definition) is 6. The van der Waals surface area contributed by atoms with Crippen molar-refractivity contribution in [3.05, 3.63) is 119 Å². The molecule has 2 aliphatic heterocycles. The molecular weight excluding hydrogens is 697 g/mol. The molecule has 5 heterocycles. The van der Waals surface area contributed by atoms with Crippen LogP contribution in [0.4, 0.5) is 11.5 Å². The smallest absolute Gasteiger partial charge is 0.272 e. The third kappa shape index (κ3) is 6.53. The fourth-order valence-electron chi connectivity index (χ4n) is 7.43. The van der Waals surface area contributed by atoms with Crippen molar-refractivity contribution in [1.29, 1.82) is 0 Å². The Morgan fingerprint density at radius 3 is 2.48 bits per heavy atom. The third-order valence-corrected chi connectivity index (χ3v) is 10.6. The normalized spacial score (nSPS) is 16.0. The number of carbonyl (C=O) groups is 2. The van der Waals surface area contributed by atoms with Gasteiger partial charge in [0.2, 0.25) is 5.91 Å². The fraction of sp³-hybridized carbons (Fsp3) is 0.250. The number of carbonyl (C=O) groups excluding carboxylic acids is 2. The minimum absolute atomic E-state index is 0.0465. The summed E-state index contributed by atoms with van der Waals surface area (Å²) in [6, 6.07) is 27.1. The van der Waals surface area contributed by atoms with E-state index in [0.29, 0.717) is 59.0 Å². The lowest BCUT2D eigenvalue weighted by atomic mass is 9.99. The summed E-state index contributed by atoms with van der Waals surface area (Å²) in [6.45, 7) is 4.84. The summed E-state index contributed by atoms with van der Waals surface area (Å²) in [5.74, 6) is 0.413. The lowest BCUT2D eigenvalue weighted by Crippen LogP contribution is -2.52. The van der Waals surface area contributed by atoms with E-state index in [1.165, 1.54) is 0 Å². The van der Waals surface area contributed by atoms with Crippen molar-refractivity contribution in [2.75, 3.05) is 43.1 Å². The van der Waals surface area contributed by atoms with Crippen LogP contribution in [0.15, 0.2) is 97.5 Å². The molecule has 2 saturated heterocycles. The van der Waals surface area contributed by atoms with E-state index in [-0.39, 0.29) is 30.5 Å². The van der Waals surface area contributed by atoms with Gasteiger partial charge in [0.05, 0.1) is 36.1 Å². The zero-order chi connectivity index (χ0) is 35.8. The average molecular weight is 735 g/mol. The number of anilines is 2. The summed E-state index contributed by atoms with van der Waals surface area (Å²) in [7, 11) is 0. The Morgan fingerprint density at radius 1 is 0.942 bits per heavy atom. The largest absolute Gasteiger partial charge is 0.370 e. The van der Waals surface area contributed by atoms with Crippen molar-refractivity contribution < 1.29 is 14.3 Å². The van der Waals surface area contributed by atoms with E-state index < -0.39 is 0 Å². The second-order valence-electron chi connectivity index (χ2n) is 13.2. The van der Waals surface area contributed by atoms with Crippen LogP contribution in [0.2, 0.25) is 10.0 Å². The summed E-state index contributed by atoms with van der Waals surface area (Å²) in [5, 5.41) is 5.24. The number of pyridine rings is 1. The molecule has 0 saturated carbocycles. The SMILES string of the molecule is C[C@@H](c1ccc(Cl)cc1)n1cnc(-c2ccccc2)c1-c1c(C(=O)Nc2cccnc2N2CCC(N3CCOCC3=O)CC2)[nH]c2cc(Cl)ccc12. The zero-order valence-electron chi connectivity index (χ0n) is 28.6. The van der Waals surface area contributed by atoms with Gasteiger partial charge in [0, 0.05) is 63.9 Å². The number of halogens is 2. The Labute approximate surface area is 311 Å². The molecule has 10 nitrogen and oxygen atoms in total. The Kier molecular flexibility index (Phi) is 9.44. The lowest BCUT2D eigenvalue weighted by Gasteiger charge is -2.40. The predicted molar refractivity (Wildman–Crippen MR) is 205 cm³/mol. The first-order valence-electron chi connectivity index (χ1n) is 17.4. The van der Waals surface area contributed by atoms with Gasteiger partial charge in [-0.3, -0.25) is 9.59 Å². The maximum absolute atomic E-state index is 14.6. The number of morpholine rings is 1. The molecule has 12 heteroatoms. The summed E-state index contributed by atoms with van der Waals surface area (Å²) in [4.78, 5) is 44.3. The number of benzene rings is 3. The topological polar surface area (TPSA) is 108 Å². The minimum atomic E-state index is -0.323. The number of aromatic nitrogens is 4. The molecule has 2 aliphatic rings. The van der Waals surface area contributed by atoms with Gasteiger partial charge in [-0.05, 0) is 61.7 Å². The number of H-pyrrole nitrogens is 1. The van der Waals surface area contributed by atoms with E-state index in [1.807, 2.05) is 96.2 Å². The first-order chi connectivity index (χ1) is 25.4. The van der Waals surface area contributed by atoms with Gasteiger partial charge in [0.15, 0.2) is 5.82 Å². The number of fused-ring (bicyclic) bond motifs is 1. The van der Waals surface area contributed by atoms with Crippen LogP contribution < -0.4 is 10.2 Å². The van der Waals surface area contributed by atoms with Gasteiger partial charge in [-0.1, -0.05) is 71.7 Å². The van der Waals surface area contributed by atoms with Crippen molar-refractivity contribution >= 4 is 57.4 Å². The third-order valence-electron chi connectivity index (χ3n) is 10.1. The molecule has 1 atom stereocenters. The van der Waals surface area contributed by atoms with E-state index in [4.69, 9.17) is 37.9 Å². The maximum atomic E-state index is 14.6. The van der Waals surface area contributed by atoms with Crippen molar-refractivity contribution in [3.63, 3.8) is 0 Å². The standard InChI is InChI=1S/C40H37Cl2N7O3/c1-25(26-9-11-28(41)12-10-26)49-24-44-36(27-6-3-2-4-7-27)38(49)35-31-14-13-29(42)22-33(31)45-37(35)40(51)46-32-8-5-17-43-39(32)47-18-15-30(16-19-47)48-20-21-52-23-34(48)50/h2-14,17,22,24-25,30,45H,15-16,18-21,23H2,1H3,(H,46,51)/t25-/m0/s1. The Balaban J connectivity index is 1.18. The number of nitrogens with zero attached hydrogens (tertiary/aromatic N) is 5. The number of aromatic amines is 1. The number of hydrogen-bond donors (Lipinski definition) is 2. The molecule has 3 aromatic heterocycles. The van der Waals surface area contributed by atoms with Gasteiger partial charge in [0.25, 0.3) is 5.91 Å². The van der Waals surface area contributed by atoms with E-state index in [1.54, 1.807) is 6.20 Å². The quantitative estimate of drug-likeness (QED) is 0.164. The van der Waals surface area contributed by atoms with Gasteiger partial charge in [-0.15, -0.1) is 0 Å². The first kappa shape index (κ1) is 34.0. The predicted octanol–water partition coefficient (Wildman–Crippen LogP) is 8.09. The minimum Gasteiger partial charge on any atom is -0.370 e. The van der Waals surface area contributed by atoms with Crippen LogP contribution in [0.25, 0.3) is 33.4 Å². The molecule has 0 unspecified atom stereocenters. The van der Waals surface area contributed by atoms with Crippen LogP contribution in [0.5, 0.6) is 0 Å². The van der Waals surface area contributed by atoms with Crippen molar-refractivity contribution in [3.8, 4) is 22.5 Å². The van der Waals surface area contributed by atoms with Gasteiger partial charge < -0.3 is 29.4 Å². The molecule has 0 aliphatic carbocycles. The fourth-order valence-corrected chi connectivity index (χ4v) is 7.73. The second-order valence-corrected chi connectivity index (χ2v) is 14.1. The molecule has 2 amide bonds. The molecule has 0 spiro atoms. The van der Waals surface area contributed by atoms with E-state index in [9.17, 15) is 9.59 Å². The maximum Gasteiger partial charge on any atom is 0.272 e. The van der Waals surface area contributed by atoms with E-state index in [0.717, 1.165) is 46.3 Å². The van der Waals surface area contributed by atoms with Crippen molar-refractivity contribution in [2.45, 2.75) is 31.8 Å². The Hall–Kier alpha value is -5.16. The second kappa shape index (κ2) is 14.5. The number of imidazole rings is 1. The molecule has 0 bridgehead atoms. The molecule has 264 valence electrons. The summed E-state index contributed by atoms with van der Waals surface area (Å²) in [6.07, 6.45) is 5.18. The Morgan fingerprint density at radius 2 is 1.71 bits per heavy atom. The first-order valence-corrected chi connectivity index (χ1v) is 18.2. The van der Waals surface area contributed by atoms with Gasteiger partial charge in [-0.25, -0.2) is 9.97 Å².